The first-order chi connectivity index (χ1) is 9.33. The lowest BCUT2D eigenvalue weighted by molar-refractivity contribution is 0.254. The molecule has 1 fully saturated rings. The van der Waals surface area contributed by atoms with E-state index in [0.29, 0.717) is 12.5 Å². The molecule has 1 aliphatic rings. The summed E-state index contributed by atoms with van der Waals surface area (Å²) >= 11 is 0. The molecule has 106 valence electrons. The van der Waals surface area contributed by atoms with E-state index in [-0.39, 0.29) is 0 Å². The molecule has 0 atom stereocenters. The van der Waals surface area contributed by atoms with Gasteiger partial charge in [-0.1, -0.05) is 0 Å². The molecule has 0 bridgehead atoms. The van der Waals surface area contributed by atoms with Crippen molar-refractivity contribution in [3.05, 3.63) is 12.3 Å². The molecule has 2 rings (SSSR count). The first kappa shape index (κ1) is 14.0. The van der Waals surface area contributed by atoms with E-state index >= 15 is 0 Å². The van der Waals surface area contributed by atoms with Gasteiger partial charge in [-0.3, -0.25) is 4.90 Å². The minimum absolute atomic E-state index is 0.628. The highest BCUT2D eigenvalue weighted by molar-refractivity contribution is 5.32. The molecule has 1 aromatic rings. The van der Waals surface area contributed by atoms with Gasteiger partial charge in [0.1, 0.15) is 0 Å². The highest BCUT2D eigenvalue weighted by Crippen LogP contribution is 2.14. The molecule has 1 aromatic heterocycles. The fourth-order valence-corrected chi connectivity index (χ4v) is 2.20. The number of anilines is 1. The summed E-state index contributed by atoms with van der Waals surface area (Å²) < 4.78 is 5.41. The predicted octanol–water partition coefficient (Wildman–Crippen LogP) is 0.346. The van der Waals surface area contributed by atoms with Crippen LogP contribution in [0.1, 0.15) is 13.3 Å². The third kappa shape index (κ3) is 4.04. The molecule has 6 nitrogen and oxygen atoms in total. The highest BCUT2D eigenvalue weighted by Gasteiger charge is 2.18. The lowest BCUT2D eigenvalue weighted by Crippen LogP contribution is -2.47. The maximum Gasteiger partial charge on any atom is 0.228 e. The molecule has 0 aromatic carbocycles. The zero-order valence-corrected chi connectivity index (χ0v) is 11.6. The number of nitrogens with zero attached hydrogens (tertiary/aromatic N) is 4. The number of ether oxygens (including phenoxy) is 1. The van der Waals surface area contributed by atoms with Crippen molar-refractivity contribution < 1.29 is 4.74 Å². The number of nitrogens with two attached hydrogens (primary N) is 1. The van der Waals surface area contributed by atoms with Gasteiger partial charge in [0.25, 0.3) is 0 Å². The monoisotopic (exact) mass is 265 g/mol. The van der Waals surface area contributed by atoms with Crippen LogP contribution in [0, 0.1) is 0 Å². The highest BCUT2D eigenvalue weighted by atomic mass is 16.5. The lowest BCUT2D eigenvalue weighted by atomic mass is 10.3. The van der Waals surface area contributed by atoms with Crippen LogP contribution in [-0.4, -0.2) is 60.7 Å². The number of piperazine rings is 1. The molecule has 6 heteroatoms. The molecule has 0 unspecified atom stereocenters. The van der Waals surface area contributed by atoms with Crippen molar-refractivity contribution in [3.8, 4) is 5.88 Å². The van der Waals surface area contributed by atoms with E-state index in [1.807, 2.05) is 6.92 Å². The van der Waals surface area contributed by atoms with Gasteiger partial charge in [-0.15, -0.1) is 0 Å². The largest absolute Gasteiger partial charge is 0.478 e. The molecule has 2 N–H and O–H groups in total. The van der Waals surface area contributed by atoms with Crippen LogP contribution in [0.3, 0.4) is 0 Å². The van der Waals surface area contributed by atoms with Crippen LogP contribution in [0.4, 0.5) is 5.95 Å². The van der Waals surface area contributed by atoms with Crippen LogP contribution >= 0.6 is 0 Å². The van der Waals surface area contributed by atoms with E-state index in [0.717, 1.165) is 51.6 Å². The zero-order chi connectivity index (χ0) is 13.5. The second kappa shape index (κ2) is 7.25. The van der Waals surface area contributed by atoms with E-state index in [1.165, 1.54) is 0 Å². The third-order valence-electron chi connectivity index (χ3n) is 3.24. The predicted molar refractivity (Wildman–Crippen MR) is 75.5 cm³/mol. The van der Waals surface area contributed by atoms with Gasteiger partial charge in [0.2, 0.25) is 11.8 Å². The first-order valence-electron chi connectivity index (χ1n) is 6.96. The van der Waals surface area contributed by atoms with Gasteiger partial charge in [-0.05, 0) is 26.4 Å². The summed E-state index contributed by atoms with van der Waals surface area (Å²) in [5, 5.41) is 0. The Morgan fingerprint density at radius 2 is 2.11 bits per heavy atom. The van der Waals surface area contributed by atoms with Gasteiger partial charge in [-0.2, -0.15) is 4.98 Å². The molecular weight excluding hydrogens is 242 g/mol. The molecule has 0 aliphatic carbocycles. The number of aromatic nitrogens is 2. The smallest absolute Gasteiger partial charge is 0.228 e. The Bertz CT molecular complexity index is 379. The molecule has 1 saturated heterocycles. The second-order valence-corrected chi connectivity index (χ2v) is 4.60. The van der Waals surface area contributed by atoms with Gasteiger partial charge in [0.05, 0.1) is 6.61 Å². The van der Waals surface area contributed by atoms with Gasteiger partial charge in [-0.25, -0.2) is 4.98 Å². The van der Waals surface area contributed by atoms with Gasteiger partial charge < -0.3 is 15.4 Å². The number of hydrogen-bond donors (Lipinski definition) is 1. The number of hydrogen-bond acceptors (Lipinski definition) is 6. The van der Waals surface area contributed by atoms with E-state index < -0.39 is 0 Å². The summed E-state index contributed by atoms with van der Waals surface area (Å²) in [6, 6.07) is 1.80. The van der Waals surface area contributed by atoms with Crippen LogP contribution < -0.4 is 15.4 Å². The van der Waals surface area contributed by atoms with Crippen molar-refractivity contribution >= 4 is 5.95 Å². The molecule has 1 aliphatic heterocycles. The topological polar surface area (TPSA) is 67.5 Å². The van der Waals surface area contributed by atoms with Crippen LogP contribution in [0.2, 0.25) is 0 Å². The van der Waals surface area contributed by atoms with Crippen molar-refractivity contribution in [1.29, 1.82) is 0 Å². The second-order valence-electron chi connectivity index (χ2n) is 4.60. The summed E-state index contributed by atoms with van der Waals surface area (Å²) in [4.78, 5) is 13.4. The molecule has 2 heterocycles. The van der Waals surface area contributed by atoms with Crippen molar-refractivity contribution in [2.24, 2.45) is 5.73 Å². The zero-order valence-electron chi connectivity index (χ0n) is 11.6. The molecule has 0 saturated carbocycles. The van der Waals surface area contributed by atoms with Gasteiger partial charge in [0.15, 0.2) is 0 Å². The van der Waals surface area contributed by atoms with Crippen molar-refractivity contribution in [3.63, 3.8) is 0 Å². The normalized spacial score (nSPS) is 16.6. The average molecular weight is 265 g/mol. The van der Waals surface area contributed by atoms with Crippen molar-refractivity contribution in [1.82, 2.24) is 14.9 Å². The van der Waals surface area contributed by atoms with Crippen LogP contribution in [0.15, 0.2) is 12.3 Å². The van der Waals surface area contributed by atoms with Crippen molar-refractivity contribution in [2.45, 2.75) is 13.3 Å². The lowest BCUT2D eigenvalue weighted by Gasteiger charge is -2.34. The standard InChI is InChI=1S/C13H23N5O/c1-2-19-12-4-6-15-13(16-12)18-10-8-17(9-11-18)7-3-5-14/h4,6H,2-3,5,7-11,14H2,1H3. The number of rotatable bonds is 6. The van der Waals surface area contributed by atoms with Gasteiger partial charge in [0, 0.05) is 38.4 Å². The van der Waals surface area contributed by atoms with Crippen LogP contribution in [0.5, 0.6) is 5.88 Å². The molecule has 19 heavy (non-hydrogen) atoms. The van der Waals surface area contributed by atoms with Crippen LogP contribution in [-0.2, 0) is 0 Å². The van der Waals surface area contributed by atoms with E-state index in [2.05, 4.69) is 19.8 Å². The average Bonchev–Trinajstić information content (AvgIpc) is 2.46. The minimum atomic E-state index is 0.628. The first-order valence-corrected chi connectivity index (χ1v) is 6.96. The van der Waals surface area contributed by atoms with Crippen LogP contribution in [0.25, 0.3) is 0 Å². The van der Waals surface area contributed by atoms with E-state index in [9.17, 15) is 0 Å². The third-order valence-corrected chi connectivity index (χ3v) is 3.24. The van der Waals surface area contributed by atoms with E-state index in [1.54, 1.807) is 12.3 Å². The fraction of sp³-hybridized carbons (Fsp3) is 0.692. The minimum Gasteiger partial charge on any atom is -0.478 e. The SMILES string of the molecule is CCOc1ccnc(N2CCN(CCCN)CC2)n1. The Morgan fingerprint density at radius 1 is 1.32 bits per heavy atom. The Balaban J connectivity index is 1.88. The molecule has 0 amide bonds. The summed E-state index contributed by atoms with van der Waals surface area (Å²) in [5.74, 6) is 1.42. The summed E-state index contributed by atoms with van der Waals surface area (Å²) in [6.07, 6.45) is 2.82. The summed E-state index contributed by atoms with van der Waals surface area (Å²) in [5.41, 5.74) is 5.54. The maximum absolute atomic E-state index is 5.54. The Hall–Kier alpha value is -1.40. The Kier molecular flexibility index (Phi) is 5.35. The molecule has 0 radical (unpaired) electrons. The Labute approximate surface area is 114 Å². The summed E-state index contributed by atoms with van der Waals surface area (Å²) in [6.45, 7) is 8.44. The van der Waals surface area contributed by atoms with E-state index in [4.69, 9.17) is 10.5 Å². The quantitative estimate of drug-likeness (QED) is 0.800. The molecular formula is C13H23N5O. The van der Waals surface area contributed by atoms with Gasteiger partial charge >= 0.3 is 0 Å². The van der Waals surface area contributed by atoms with Crippen molar-refractivity contribution in [2.75, 3.05) is 50.8 Å². The maximum atomic E-state index is 5.54. The fourth-order valence-electron chi connectivity index (χ4n) is 2.20. The summed E-state index contributed by atoms with van der Waals surface area (Å²) in [7, 11) is 0. The molecule has 0 spiro atoms. The Morgan fingerprint density at radius 3 is 2.79 bits per heavy atom.